The molecule has 0 spiro atoms. The molecule has 6 nitrogen and oxygen atoms in total. The second-order valence-corrected chi connectivity index (χ2v) is 7.35. The third kappa shape index (κ3) is 3.76. The van der Waals surface area contributed by atoms with Gasteiger partial charge in [0, 0.05) is 17.1 Å². The number of Topliss-reactive ketones (excluding diaryl/α,β-unsaturated/α-hetero) is 1. The zero-order valence-electron chi connectivity index (χ0n) is 15.6. The third-order valence-corrected chi connectivity index (χ3v) is 5.30. The second-order valence-electron chi connectivity index (χ2n) is 6.04. The van der Waals surface area contributed by atoms with Gasteiger partial charge >= 0.3 is 5.97 Å². The number of nitrogens with one attached hydrogen (secondary N) is 1. The van der Waals surface area contributed by atoms with Crippen LogP contribution in [0.5, 0.6) is 0 Å². The first-order valence-electron chi connectivity index (χ1n) is 7.97. The van der Waals surface area contributed by atoms with Crippen molar-refractivity contribution < 1.29 is 14.3 Å². The van der Waals surface area contributed by atoms with Crippen LogP contribution in [-0.4, -0.2) is 39.1 Å². The monoisotopic (exact) mass is 361 g/mol. The van der Waals surface area contributed by atoms with Gasteiger partial charge < -0.3 is 9.72 Å². The summed E-state index contributed by atoms with van der Waals surface area (Å²) in [6.07, 6.45) is 0. The molecule has 2 heterocycles. The molecule has 0 fully saturated rings. The Morgan fingerprint density at radius 2 is 1.60 bits per heavy atom. The molecule has 2 rings (SSSR count). The maximum absolute atomic E-state index is 12.8. The summed E-state index contributed by atoms with van der Waals surface area (Å²) in [6.45, 7) is 11.2. The van der Waals surface area contributed by atoms with E-state index >= 15 is 0 Å². The number of aromatic amines is 1. The van der Waals surface area contributed by atoms with E-state index < -0.39 is 5.97 Å². The number of ketones is 1. The van der Waals surface area contributed by atoms with E-state index in [2.05, 4.69) is 15.0 Å². The number of H-pyrrole nitrogens is 1. The number of aryl methyl sites for hydroxylation is 3. The SMILES string of the molecule is COC(=O)c1c(C)[nH]c(C(=O)[C@H](C)Sc2nc(C)c(C)c(C)n2)c1C. The molecule has 1 atom stereocenters. The average molecular weight is 361 g/mol. The normalized spacial score (nSPS) is 12.1. The first-order valence-corrected chi connectivity index (χ1v) is 8.85. The minimum absolute atomic E-state index is 0.0970. The maximum atomic E-state index is 12.8. The molecule has 0 aliphatic rings. The van der Waals surface area contributed by atoms with E-state index in [0.717, 1.165) is 17.0 Å². The van der Waals surface area contributed by atoms with E-state index in [0.29, 0.717) is 27.7 Å². The van der Waals surface area contributed by atoms with Crippen LogP contribution in [-0.2, 0) is 4.74 Å². The fourth-order valence-corrected chi connectivity index (χ4v) is 3.53. The quantitative estimate of drug-likeness (QED) is 0.380. The molecule has 2 aromatic heterocycles. The fourth-order valence-electron chi connectivity index (χ4n) is 2.61. The van der Waals surface area contributed by atoms with Gasteiger partial charge in [0.1, 0.15) is 0 Å². The van der Waals surface area contributed by atoms with Crippen molar-refractivity contribution in [3.63, 3.8) is 0 Å². The second kappa shape index (κ2) is 7.39. The highest BCUT2D eigenvalue weighted by atomic mass is 32.2. The van der Waals surface area contributed by atoms with Gasteiger partial charge in [-0.2, -0.15) is 0 Å². The van der Waals surface area contributed by atoms with Crippen LogP contribution >= 0.6 is 11.8 Å². The van der Waals surface area contributed by atoms with Crippen molar-refractivity contribution in [2.24, 2.45) is 0 Å². The van der Waals surface area contributed by atoms with Gasteiger partial charge in [-0.1, -0.05) is 11.8 Å². The first-order chi connectivity index (χ1) is 11.7. The van der Waals surface area contributed by atoms with Gasteiger partial charge in [-0.15, -0.1) is 0 Å². The number of aromatic nitrogens is 3. The van der Waals surface area contributed by atoms with E-state index in [9.17, 15) is 9.59 Å². The lowest BCUT2D eigenvalue weighted by Gasteiger charge is -2.11. The van der Waals surface area contributed by atoms with Gasteiger partial charge in [0.2, 0.25) is 0 Å². The van der Waals surface area contributed by atoms with Crippen LogP contribution in [0.2, 0.25) is 0 Å². The molecule has 0 unspecified atom stereocenters. The summed E-state index contributed by atoms with van der Waals surface area (Å²) in [4.78, 5) is 36.6. The number of hydrogen-bond acceptors (Lipinski definition) is 6. The van der Waals surface area contributed by atoms with Gasteiger partial charge in [-0.25, -0.2) is 14.8 Å². The van der Waals surface area contributed by atoms with Crippen molar-refractivity contribution in [2.45, 2.75) is 51.9 Å². The molecule has 0 aromatic carbocycles. The number of esters is 1. The van der Waals surface area contributed by atoms with Gasteiger partial charge in [-0.05, 0) is 52.7 Å². The zero-order chi connectivity index (χ0) is 18.9. The highest BCUT2D eigenvalue weighted by Gasteiger charge is 2.26. The standard InChI is InChI=1S/C18H23N3O3S/c1-8-10(3)20-18(21-11(8)4)25-13(6)16(22)15-9(2)14(12(5)19-15)17(23)24-7/h13,19H,1-7H3/t13-/m0/s1. The van der Waals surface area contributed by atoms with Crippen LogP contribution in [0, 0.1) is 34.6 Å². The summed E-state index contributed by atoms with van der Waals surface area (Å²) in [7, 11) is 1.33. The van der Waals surface area contributed by atoms with Crippen molar-refractivity contribution in [3.05, 3.63) is 39.5 Å². The van der Waals surface area contributed by atoms with Crippen molar-refractivity contribution in [1.29, 1.82) is 0 Å². The summed E-state index contributed by atoms with van der Waals surface area (Å²) in [5.74, 6) is -0.543. The number of thioether (sulfide) groups is 1. The van der Waals surface area contributed by atoms with Crippen molar-refractivity contribution in [2.75, 3.05) is 7.11 Å². The number of nitrogens with zero attached hydrogens (tertiary/aromatic N) is 2. The van der Waals surface area contributed by atoms with Crippen LogP contribution in [0.1, 0.15) is 56.0 Å². The van der Waals surface area contributed by atoms with Gasteiger partial charge in [-0.3, -0.25) is 4.79 Å². The van der Waals surface area contributed by atoms with Crippen LogP contribution in [0.3, 0.4) is 0 Å². The van der Waals surface area contributed by atoms with Crippen molar-refractivity contribution in [3.8, 4) is 0 Å². The topological polar surface area (TPSA) is 84.9 Å². The lowest BCUT2D eigenvalue weighted by molar-refractivity contribution is 0.0599. The molecule has 25 heavy (non-hydrogen) atoms. The van der Waals surface area contributed by atoms with Crippen LogP contribution in [0.15, 0.2) is 5.16 Å². The third-order valence-electron chi connectivity index (χ3n) is 4.34. The Labute approximate surface area is 151 Å². The lowest BCUT2D eigenvalue weighted by atomic mass is 10.1. The van der Waals surface area contributed by atoms with Gasteiger partial charge in [0.15, 0.2) is 10.9 Å². The first kappa shape index (κ1) is 19.2. The number of ether oxygens (including phenoxy) is 1. The minimum atomic E-state index is -0.446. The van der Waals surface area contributed by atoms with Crippen molar-refractivity contribution >= 4 is 23.5 Å². The summed E-state index contributed by atoms with van der Waals surface area (Å²) in [6, 6.07) is 0. The van der Waals surface area contributed by atoms with Gasteiger partial charge in [0.05, 0.1) is 23.6 Å². The number of carbonyl (C=O) groups excluding carboxylic acids is 2. The largest absolute Gasteiger partial charge is 0.465 e. The van der Waals surface area contributed by atoms with E-state index in [1.165, 1.54) is 18.9 Å². The van der Waals surface area contributed by atoms with Crippen LogP contribution < -0.4 is 0 Å². The Hall–Kier alpha value is -2.15. The predicted octanol–water partition coefficient (Wildman–Crippen LogP) is 3.50. The summed E-state index contributed by atoms with van der Waals surface area (Å²) in [5, 5.41) is 0.194. The summed E-state index contributed by atoms with van der Waals surface area (Å²) < 4.78 is 4.79. The molecule has 1 N–H and O–H groups in total. The maximum Gasteiger partial charge on any atom is 0.339 e. The smallest absolute Gasteiger partial charge is 0.339 e. The molecule has 0 saturated carbocycles. The van der Waals surface area contributed by atoms with E-state index in [1.54, 1.807) is 13.8 Å². The Bertz CT molecular complexity index is 819. The zero-order valence-corrected chi connectivity index (χ0v) is 16.4. The number of hydrogen-bond donors (Lipinski definition) is 1. The molecule has 134 valence electrons. The minimum Gasteiger partial charge on any atom is -0.465 e. The van der Waals surface area contributed by atoms with E-state index in [4.69, 9.17) is 4.74 Å². The number of methoxy groups -OCH3 is 1. The molecule has 0 amide bonds. The number of carbonyl (C=O) groups is 2. The Morgan fingerprint density at radius 3 is 2.12 bits per heavy atom. The Morgan fingerprint density at radius 1 is 1.04 bits per heavy atom. The molecule has 0 aliphatic carbocycles. The predicted molar refractivity (Wildman–Crippen MR) is 97.5 cm³/mol. The molecule has 2 aromatic rings. The highest BCUT2D eigenvalue weighted by Crippen LogP contribution is 2.27. The molecule has 0 radical (unpaired) electrons. The molecule has 7 heteroatoms. The summed E-state index contributed by atoms with van der Waals surface area (Å²) >= 11 is 1.31. The lowest BCUT2D eigenvalue weighted by Crippen LogP contribution is -2.16. The van der Waals surface area contributed by atoms with E-state index in [-0.39, 0.29) is 11.0 Å². The molecular formula is C18H23N3O3S. The Balaban J connectivity index is 2.28. The van der Waals surface area contributed by atoms with E-state index in [1.807, 2.05) is 27.7 Å². The molecule has 0 saturated heterocycles. The molecule has 0 bridgehead atoms. The van der Waals surface area contributed by atoms with Gasteiger partial charge in [0.25, 0.3) is 0 Å². The van der Waals surface area contributed by atoms with Crippen LogP contribution in [0.4, 0.5) is 0 Å². The summed E-state index contributed by atoms with van der Waals surface area (Å²) in [5.41, 5.74) is 4.97. The van der Waals surface area contributed by atoms with Crippen molar-refractivity contribution in [1.82, 2.24) is 15.0 Å². The van der Waals surface area contributed by atoms with Crippen LogP contribution in [0.25, 0.3) is 0 Å². The Kier molecular flexibility index (Phi) is 5.67. The molecular weight excluding hydrogens is 338 g/mol. The highest BCUT2D eigenvalue weighted by molar-refractivity contribution is 8.00. The fraction of sp³-hybridized carbons (Fsp3) is 0.444. The number of rotatable bonds is 5. The average Bonchev–Trinajstić information content (AvgIpc) is 2.85. The molecule has 0 aliphatic heterocycles.